The molecule has 8 heteroatoms. The van der Waals surface area contributed by atoms with Gasteiger partial charge in [-0.2, -0.15) is 0 Å². The summed E-state index contributed by atoms with van der Waals surface area (Å²) in [6.07, 6.45) is 6.15. The van der Waals surface area contributed by atoms with E-state index >= 15 is 0 Å². The molecule has 2 fully saturated rings. The molecule has 0 bridgehead atoms. The predicted octanol–water partition coefficient (Wildman–Crippen LogP) is 3.06. The highest BCUT2D eigenvalue weighted by atomic mass is 35.5. The highest BCUT2D eigenvalue weighted by Crippen LogP contribution is 2.49. The van der Waals surface area contributed by atoms with Crippen LogP contribution in [0.3, 0.4) is 0 Å². The monoisotopic (exact) mass is 432 g/mol. The van der Waals surface area contributed by atoms with Crippen LogP contribution in [-0.2, 0) is 16.1 Å². The van der Waals surface area contributed by atoms with Gasteiger partial charge >= 0.3 is 0 Å². The fourth-order valence-electron chi connectivity index (χ4n) is 4.03. The van der Waals surface area contributed by atoms with Gasteiger partial charge in [-0.3, -0.25) is 4.79 Å². The summed E-state index contributed by atoms with van der Waals surface area (Å²) in [5, 5.41) is 3.02. The molecule has 2 heterocycles. The van der Waals surface area contributed by atoms with Gasteiger partial charge in [0.15, 0.2) is 0 Å². The van der Waals surface area contributed by atoms with Gasteiger partial charge in [0.2, 0.25) is 5.91 Å². The Labute approximate surface area is 180 Å². The van der Waals surface area contributed by atoms with E-state index in [4.69, 9.17) is 10.5 Å². The van der Waals surface area contributed by atoms with E-state index < -0.39 is 5.54 Å². The summed E-state index contributed by atoms with van der Waals surface area (Å²) in [4.78, 5) is 19.6. The third-order valence-electron chi connectivity index (χ3n) is 6.18. The smallest absolute Gasteiger partial charge is 0.241 e. The van der Waals surface area contributed by atoms with Crippen LogP contribution in [0.5, 0.6) is 0 Å². The molecule has 2 atom stereocenters. The first kappa shape index (κ1) is 25.0. The Morgan fingerprint density at radius 2 is 2.00 bits per heavy atom. The molecular formula is C20H34Cl2N4O2. The van der Waals surface area contributed by atoms with E-state index in [-0.39, 0.29) is 42.2 Å². The number of carbonyl (C=O) groups is 1. The molecule has 28 heavy (non-hydrogen) atoms. The number of nitrogens with zero attached hydrogens (tertiary/aromatic N) is 2. The van der Waals surface area contributed by atoms with Crippen molar-refractivity contribution in [2.45, 2.75) is 64.6 Å². The zero-order chi connectivity index (χ0) is 18.8. The lowest BCUT2D eigenvalue weighted by atomic mass is 9.54. The van der Waals surface area contributed by atoms with E-state index in [1.807, 2.05) is 33.0 Å². The van der Waals surface area contributed by atoms with Gasteiger partial charge in [0, 0.05) is 44.3 Å². The van der Waals surface area contributed by atoms with Crippen LogP contribution in [0.2, 0.25) is 0 Å². The van der Waals surface area contributed by atoms with Crippen molar-refractivity contribution in [3.63, 3.8) is 0 Å². The van der Waals surface area contributed by atoms with E-state index in [1.54, 1.807) is 0 Å². The van der Waals surface area contributed by atoms with Gasteiger partial charge in [-0.1, -0.05) is 13.8 Å². The number of amides is 1. The summed E-state index contributed by atoms with van der Waals surface area (Å²) in [5.41, 5.74) is 6.24. The molecule has 3 rings (SSSR count). The van der Waals surface area contributed by atoms with Crippen molar-refractivity contribution >= 4 is 36.5 Å². The van der Waals surface area contributed by atoms with Crippen molar-refractivity contribution in [2.24, 2.45) is 11.1 Å². The van der Waals surface area contributed by atoms with Gasteiger partial charge in [-0.05, 0) is 43.9 Å². The second kappa shape index (κ2) is 10.1. The Morgan fingerprint density at radius 3 is 2.61 bits per heavy atom. The Hall–Kier alpha value is -1.08. The summed E-state index contributed by atoms with van der Waals surface area (Å²) in [6.45, 7) is 9.21. The third-order valence-corrected chi connectivity index (χ3v) is 6.18. The maximum absolute atomic E-state index is 12.8. The normalized spacial score (nSPS) is 25.7. The Bertz CT molecular complexity index is 653. The quantitative estimate of drug-likeness (QED) is 0.721. The number of rotatable bonds is 6. The van der Waals surface area contributed by atoms with Crippen LogP contribution in [0.4, 0.5) is 5.82 Å². The van der Waals surface area contributed by atoms with Crippen LogP contribution >= 0.6 is 24.8 Å². The van der Waals surface area contributed by atoms with Crippen LogP contribution < -0.4 is 16.0 Å². The number of hydrogen-bond acceptors (Lipinski definition) is 5. The predicted molar refractivity (Wildman–Crippen MR) is 117 cm³/mol. The van der Waals surface area contributed by atoms with E-state index in [0.29, 0.717) is 19.6 Å². The number of pyridine rings is 1. The molecule has 1 aromatic heterocycles. The number of nitrogens with one attached hydrogen (secondary N) is 1. The van der Waals surface area contributed by atoms with Crippen molar-refractivity contribution in [3.05, 3.63) is 23.9 Å². The minimum Gasteiger partial charge on any atom is -0.378 e. The lowest BCUT2D eigenvalue weighted by molar-refractivity contribution is -0.170. The SMILES string of the molecule is CCOC1CC(N)(C(=O)NCc2ccnc(N3CCCCC3)c2)C1(C)C.Cl.Cl. The molecule has 160 valence electrons. The van der Waals surface area contributed by atoms with Gasteiger partial charge in [0.25, 0.3) is 0 Å². The van der Waals surface area contributed by atoms with Crippen LogP contribution in [0.15, 0.2) is 18.3 Å². The van der Waals surface area contributed by atoms with Crippen molar-refractivity contribution in [3.8, 4) is 0 Å². The molecule has 1 aromatic rings. The maximum atomic E-state index is 12.8. The average Bonchev–Trinajstić information content (AvgIpc) is 2.66. The molecule has 1 saturated carbocycles. The van der Waals surface area contributed by atoms with Crippen LogP contribution in [0.1, 0.15) is 52.0 Å². The molecule has 0 radical (unpaired) electrons. The summed E-state index contributed by atoms with van der Waals surface area (Å²) in [7, 11) is 0. The topological polar surface area (TPSA) is 80.5 Å². The fraction of sp³-hybridized carbons (Fsp3) is 0.700. The van der Waals surface area contributed by atoms with E-state index in [1.165, 1.54) is 19.3 Å². The molecule has 1 saturated heterocycles. The zero-order valence-corrected chi connectivity index (χ0v) is 18.7. The average molecular weight is 433 g/mol. The molecular weight excluding hydrogens is 399 g/mol. The van der Waals surface area contributed by atoms with E-state index in [9.17, 15) is 4.79 Å². The van der Waals surface area contributed by atoms with Crippen molar-refractivity contribution in [2.75, 3.05) is 24.6 Å². The van der Waals surface area contributed by atoms with Gasteiger partial charge in [-0.15, -0.1) is 24.8 Å². The number of piperidine rings is 1. The second-order valence-corrected chi connectivity index (χ2v) is 8.09. The summed E-state index contributed by atoms with van der Waals surface area (Å²) in [5.74, 6) is 0.897. The zero-order valence-electron chi connectivity index (χ0n) is 17.1. The molecule has 2 unspecified atom stereocenters. The van der Waals surface area contributed by atoms with Crippen LogP contribution in [-0.4, -0.2) is 42.2 Å². The van der Waals surface area contributed by atoms with Crippen molar-refractivity contribution in [1.29, 1.82) is 0 Å². The number of anilines is 1. The first-order valence-electron chi connectivity index (χ1n) is 9.77. The first-order valence-corrected chi connectivity index (χ1v) is 9.77. The number of aromatic nitrogens is 1. The second-order valence-electron chi connectivity index (χ2n) is 8.09. The molecule has 1 aliphatic carbocycles. The molecule has 2 aliphatic rings. The molecule has 0 aromatic carbocycles. The standard InChI is InChI=1S/C20H32N4O2.2ClH/c1-4-26-16-13-20(21,19(16,2)3)18(25)23-14-15-8-9-22-17(12-15)24-10-6-5-7-11-24;;/h8-9,12,16H,4-7,10-11,13-14,21H2,1-3H3,(H,23,25);2*1H. The number of halogens is 2. The fourth-order valence-corrected chi connectivity index (χ4v) is 4.03. The third kappa shape index (κ3) is 4.73. The minimum atomic E-state index is -0.879. The summed E-state index contributed by atoms with van der Waals surface area (Å²) < 4.78 is 5.71. The molecule has 1 amide bonds. The van der Waals surface area contributed by atoms with Gasteiger partial charge < -0.3 is 20.7 Å². The largest absolute Gasteiger partial charge is 0.378 e. The van der Waals surface area contributed by atoms with E-state index in [2.05, 4.69) is 21.3 Å². The van der Waals surface area contributed by atoms with E-state index in [0.717, 1.165) is 24.5 Å². The highest BCUT2D eigenvalue weighted by molar-refractivity contribution is 5.88. The number of ether oxygens (including phenoxy) is 1. The van der Waals surface area contributed by atoms with Crippen molar-refractivity contribution in [1.82, 2.24) is 10.3 Å². The Balaban J connectivity index is 0.00000196. The Kier molecular flexibility index (Phi) is 9.00. The van der Waals surface area contributed by atoms with Crippen LogP contribution in [0, 0.1) is 5.41 Å². The minimum absolute atomic E-state index is 0. The number of nitrogens with two attached hydrogens (primary N) is 1. The molecule has 6 nitrogen and oxygen atoms in total. The van der Waals surface area contributed by atoms with Gasteiger partial charge in [-0.25, -0.2) is 4.98 Å². The summed E-state index contributed by atoms with van der Waals surface area (Å²) in [6, 6.07) is 4.02. The van der Waals surface area contributed by atoms with Gasteiger partial charge in [0.1, 0.15) is 11.4 Å². The van der Waals surface area contributed by atoms with Crippen molar-refractivity contribution < 1.29 is 9.53 Å². The Morgan fingerprint density at radius 1 is 1.32 bits per heavy atom. The highest BCUT2D eigenvalue weighted by Gasteiger charge is 2.62. The molecule has 3 N–H and O–H groups in total. The van der Waals surface area contributed by atoms with Gasteiger partial charge in [0.05, 0.1) is 6.10 Å². The lowest BCUT2D eigenvalue weighted by Gasteiger charge is -2.57. The first-order chi connectivity index (χ1) is 12.4. The maximum Gasteiger partial charge on any atom is 0.241 e. The number of hydrogen-bond donors (Lipinski definition) is 2. The lowest BCUT2D eigenvalue weighted by Crippen LogP contribution is -2.75. The number of carbonyl (C=O) groups excluding carboxylic acids is 1. The molecule has 1 aliphatic heterocycles. The summed E-state index contributed by atoms with van der Waals surface area (Å²) >= 11 is 0. The molecule has 0 spiro atoms. The van der Waals surface area contributed by atoms with Crippen LogP contribution in [0.25, 0.3) is 0 Å².